The summed E-state index contributed by atoms with van der Waals surface area (Å²) in [5.41, 5.74) is 1.66. The third-order valence-electron chi connectivity index (χ3n) is 4.07. The summed E-state index contributed by atoms with van der Waals surface area (Å²) in [5.74, 6) is 1.21. The number of nitrogens with zero attached hydrogens (tertiary/aromatic N) is 3. The first-order valence-corrected chi connectivity index (χ1v) is 7.12. The minimum absolute atomic E-state index is 0.00111. The molecule has 0 bridgehead atoms. The molecular formula is C15H19N5O. The van der Waals surface area contributed by atoms with E-state index < -0.39 is 0 Å². The van der Waals surface area contributed by atoms with E-state index in [0.717, 1.165) is 30.2 Å². The number of rotatable bonds is 4. The van der Waals surface area contributed by atoms with Crippen LogP contribution in [0.4, 0.5) is 5.69 Å². The predicted octanol–water partition coefficient (Wildman–Crippen LogP) is 1.28. The first-order valence-electron chi connectivity index (χ1n) is 7.12. The highest BCUT2D eigenvalue weighted by Crippen LogP contribution is 2.27. The summed E-state index contributed by atoms with van der Waals surface area (Å²) in [6.07, 6.45) is 1.65. The average Bonchev–Trinajstić information content (AvgIpc) is 2.83. The van der Waals surface area contributed by atoms with Crippen molar-refractivity contribution < 1.29 is 4.79 Å². The van der Waals surface area contributed by atoms with Crippen LogP contribution in [0.2, 0.25) is 0 Å². The van der Waals surface area contributed by atoms with Crippen LogP contribution in [0.25, 0.3) is 11.4 Å². The van der Waals surface area contributed by atoms with Crippen molar-refractivity contribution in [2.45, 2.75) is 6.92 Å². The summed E-state index contributed by atoms with van der Waals surface area (Å²) >= 11 is 0. The zero-order valence-corrected chi connectivity index (χ0v) is 12.2. The molecule has 1 amide bonds. The Balaban J connectivity index is 1.82. The highest BCUT2D eigenvalue weighted by molar-refractivity contribution is 5.96. The molecule has 2 heterocycles. The van der Waals surface area contributed by atoms with Gasteiger partial charge in [0, 0.05) is 18.5 Å². The normalized spacial score (nSPS) is 16.3. The molecule has 2 N–H and O–H groups in total. The van der Waals surface area contributed by atoms with Crippen molar-refractivity contribution in [1.82, 2.24) is 20.1 Å². The number of anilines is 1. The first-order chi connectivity index (χ1) is 10.2. The van der Waals surface area contributed by atoms with E-state index in [1.807, 2.05) is 42.8 Å². The second kappa shape index (κ2) is 5.65. The Hall–Kier alpha value is -2.21. The highest BCUT2D eigenvalue weighted by atomic mass is 16.1. The van der Waals surface area contributed by atoms with Crippen LogP contribution in [0.3, 0.4) is 0 Å². The van der Waals surface area contributed by atoms with Gasteiger partial charge in [-0.3, -0.25) is 4.79 Å². The van der Waals surface area contributed by atoms with Crippen molar-refractivity contribution in [3.8, 4) is 11.4 Å². The molecule has 3 rings (SSSR count). The summed E-state index contributed by atoms with van der Waals surface area (Å²) in [6, 6.07) is 7.67. The Bertz CT molecular complexity index is 647. The lowest BCUT2D eigenvalue weighted by molar-refractivity contribution is -0.121. The monoisotopic (exact) mass is 285 g/mol. The maximum atomic E-state index is 12.4. The largest absolute Gasteiger partial charge is 0.325 e. The molecule has 1 aliphatic heterocycles. The quantitative estimate of drug-likeness (QED) is 0.887. The molecule has 110 valence electrons. The predicted molar refractivity (Wildman–Crippen MR) is 80.6 cm³/mol. The standard InChI is InChI=1S/C15H19N5O/c1-10(11-7-16-8-11)15(21)18-13-6-4-3-5-12(13)14-19-17-9-20(14)2/h3-6,9-11,16H,7-8H2,1-2H3,(H,18,21). The summed E-state index contributed by atoms with van der Waals surface area (Å²) in [5, 5.41) is 14.2. The second-order valence-electron chi connectivity index (χ2n) is 5.51. The number of aromatic nitrogens is 3. The second-order valence-corrected chi connectivity index (χ2v) is 5.51. The third-order valence-corrected chi connectivity index (χ3v) is 4.07. The maximum absolute atomic E-state index is 12.4. The Morgan fingerprint density at radius 1 is 1.43 bits per heavy atom. The molecule has 1 saturated heterocycles. The van der Waals surface area contributed by atoms with Gasteiger partial charge in [-0.1, -0.05) is 19.1 Å². The van der Waals surface area contributed by atoms with Crippen molar-refractivity contribution in [3.05, 3.63) is 30.6 Å². The van der Waals surface area contributed by atoms with Crippen LogP contribution in [0.15, 0.2) is 30.6 Å². The Labute approximate surface area is 123 Å². The van der Waals surface area contributed by atoms with Gasteiger partial charge in [0.25, 0.3) is 0 Å². The van der Waals surface area contributed by atoms with Gasteiger partial charge in [0.2, 0.25) is 5.91 Å². The van der Waals surface area contributed by atoms with E-state index in [4.69, 9.17) is 0 Å². The molecule has 0 radical (unpaired) electrons. The van der Waals surface area contributed by atoms with Crippen LogP contribution in [0, 0.1) is 11.8 Å². The molecule has 0 spiro atoms. The number of para-hydroxylation sites is 1. The van der Waals surface area contributed by atoms with E-state index in [-0.39, 0.29) is 11.8 Å². The van der Waals surface area contributed by atoms with E-state index in [1.54, 1.807) is 6.33 Å². The molecule has 1 unspecified atom stereocenters. The Morgan fingerprint density at radius 3 is 2.81 bits per heavy atom. The van der Waals surface area contributed by atoms with Gasteiger partial charge in [-0.15, -0.1) is 10.2 Å². The summed E-state index contributed by atoms with van der Waals surface area (Å²) in [6.45, 7) is 3.81. The molecule has 1 aliphatic rings. The molecule has 6 heteroatoms. The molecule has 0 saturated carbocycles. The molecule has 6 nitrogen and oxygen atoms in total. The number of hydrogen-bond acceptors (Lipinski definition) is 4. The lowest BCUT2D eigenvalue weighted by Crippen LogP contribution is -2.48. The van der Waals surface area contributed by atoms with Gasteiger partial charge < -0.3 is 15.2 Å². The molecule has 1 fully saturated rings. The fraction of sp³-hybridized carbons (Fsp3) is 0.400. The number of carbonyl (C=O) groups is 1. The number of nitrogens with one attached hydrogen (secondary N) is 2. The van der Waals surface area contributed by atoms with Crippen LogP contribution >= 0.6 is 0 Å². The van der Waals surface area contributed by atoms with Crippen LogP contribution in [0.5, 0.6) is 0 Å². The zero-order valence-electron chi connectivity index (χ0n) is 12.2. The SMILES string of the molecule is CC(C(=O)Nc1ccccc1-c1nncn1C)C1CNC1. The minimum Gasteiger partial charge on any atom is -0.325 e. The topological polar surface area (TPSA) is 71.8 Å². The highest BCUT2D eigenvalue weighted by Gasteiger charge is 2.29. The van der Waals surface area contributed by atoms with Crippen LogP contribution in [-0.2, 0) is 11.8 Å². The fourth-order valence-corrected chi connectivity index (χ4v) is 2.44. The van der Waals surface area contributed by atoms with Gasteiger partial charge in [0.1, 0.15) is 6.33 Å². The van der Waals surface area contributed by atoms with Crippen molar-refractivity contribution in [2.24, 2.45) is 18.9 Å². The van der Waals surface area contributed by atoms with E-state index in [2.05, 4.69) is 20.8 Å². The molecule has 1 atom stereocenters. The van der Waals surface area contributed by atoms with Crippen molar-refractivity contribution in [3.63, 3.8) is 0 Å². The van der Waals surface area contributed by atoms with E-state index in [9.17, 15) is 4.79 Å². The van der Waals surface area contributed by atoms with Crippen LogP contribution in [0.1, 0.15) is 6.92 Å². The molecule has 1 aromatic carbocycles. The van der Waals surface area contributed by atoms with Gasteiger partial charge in [-0.05, 0) is 31.1 Å². The van der Waals surface area contributed by atoms with Crippen molar-refractivity contribution in [2.75, 3.05) is 18.4 Å². The van der Waals surface area contributed by atoms with Gasteiger partial charge in [0.15, 0.2) is 5.82 Å². The van der Waals surface area contributed by atoms with E-state index >= 15 is 0 Å². The molecule has 1 aromatic heterocycles. The summed E-state index contributed by atoms with van der Waals surface area (Å²) in [7, 11) is 1.89. The van der Waals surface area contributed by atoms with Gasteiger partial charge in [-0.2, -0.15) is 0 Å². The van der Waals surface area contributed by atoms with Gasteiger partial charge in [0.05, 0.1) is 5.69 Å². The molecule has 0 aliphatic carbocycles. The van der Waals surface area contributed by atoms with Crippen LogP contribution in [-0.4, -0.2) is 33.8 Å². The lowest BCUT2D eigenvalue weighted by Gasteiger charge is -2.31. The Kier molecular flexibility index (Phi) is 3.70. The van der Waals surface area contributed by atoms with E-state index in [1.165, 1.54) is 0 Å². The minimum atomic E-state index is -0.00111. The van der Waals surface area contributed by atoms with Crippen LogP contribution < -0.4 is 10.6 Å². The average molecular weight is 285 g/mol. The third kappa shape index (κ3) is 2.67. The van der Waals surface area contributed by atoms with Crippen molar-refractivity contribution >= 4 is 11.6 Å². The number of benzene rings is 1. The lowest BCUT2D eigenvalue weighted by atomic mass is 9.88. The molecular weight excluding hydrogens is 266 g/mol. The van der Waals surface area contributed by atoms with Gasteiger partial charge >= 0.3 is 0 Å². The first kappa shape index (κ1) is 13.8. The van der Waals surface area contributed by atoms with E-state index in [0.29, 0.717) is 5.92 Å². The number of carbonyl (C=O) groups excluding carboxylic acids is 1. The fourth-order valence-electron chi connectivity index (χ4n) is 2.44. The number of hydrogen-bond donors (Lipinski definition) is 2. The number of aryl methyl sites for hydroxylation is 1. The molecule has 2 aromatic rings. The molecule has 21 heavy (non-hydrogen) atoms. The van der Waals surface area contributed by atoms with Crippen molar-refractivity contribution in [1.29, 1.82) is 0 Å². The zero-order chi connectivity index (χ0) is 14.8. The number of amides is 1. The van der Waals surface area contributed by atoms with Gasteiger partial charge in [-0.25, -0.2) is 0 Å². The summed E-state index contributed by atoms with van der Waals surface area (Å²) in [4.78, 5) is 12.4. The smallest absolute Gasteiger partial charge is 0.227 e. The summed E-state index contributed by atoms with van der Waals surface area (Å²) < 4.78 is 1.84. The maximum Gasteiger partial charge on any atom is 0.227 e. The Morgan fingerprint density at radius 2 is 2.19 bits per heavy atom.